The molecule has 1 aliphatic rings. The van der Waals surface area contributed by atoms with Crippen LogP contribution in [-0.2, 0) is 21.3 Å². The minimum absolute atomic E-state index is 0.130. The maximum absolute atomic E-state index is 12.5. The summed E-state index contributed by atoms with van der Waals surface area (Å²) in [4.78, 5) is 0.130. The summed E-state index contributed by atoms with van der Waals surface area (Å²) in [6, 6.07) is 4.89. The molecule has 1 aromatic rings. The van der Waals surface area contributed by atoms with E-state index in [1.54, 1.807) is 12.1 Å². The van der Waals surface area contributed by atoms with Crippen LogP contribution in [0.4, 0.5) is 0 Å². The molecule has 5 nitrogen and oxygen atoms in total. The van der Waals surface area contributed by atoms with Gasteiger partial charge < -0.3 is 10.1 Å². The van der Waals surface area contributed by atoms with E-state index in [2.05, 4.69) is 10.0 Å². The van der Waals surface area contributed by atoms with Crippen LogP contribution in [0.2, 0.25) is 5.02 Å². The van der Waals surface area contributed by atoms with Crippen molar-refractivity contribution in [2.24, 2.45) is 0 Å². The number of halogens is 1. The summed E-state index contributed by atoms with van der Waals surface area (Å²) < 4.78 is 32.9. The number of nitrogens with one attached hydrogen (secondary N) is 2. The molecule has 0 bridgehead atoms. The Morgan fingerprint density at radius 1 is 1.43 bits per heavy atom. The first kappa shape index (κ1) is 16.7. The predicted molar refractivity (Wildman–Crippen MR) is 83.0 cm³/mol. The average Bonchev–Trinajstić information content (AvgIpc) is 2.47. The van der Waals surface area contributed by atoms with Gasteiger partial charge in [-0.1, -0.05) is 24.6 Å². The van der Waals surface area contributed by atoms with Crippen molar-refractivity contribution in [2.75, 3.05) is 19.8 Å². The Labute approximate surface area is 131 Å². The highest BCUT2D eigenvalue weighted by molar-refractivity contribution is 7.89. The second-order valence-electron chi connectivity index (χ2n) is 5.08. The van der Waals surface area contributed by atoms with Gasteiger partial charge in [-0.3, -0.25) is 0 Å². The molecule has 1 aliphatic heterocycles. The first-order valence-electron chi connectivity index (χ1n) is 7.12. The average molecular weight is 333 g/mol. The van der Waals surface area contributed by atoms with Crippen LogP contribution in [0.15, 0.2) is 23.1 Å². The van der Waals surface area contributed by atoms with Gasteiger partial charge >= 0.3 is 0 Å². The third-order valence-electron chi connectivity index (χ3n) is 3.35. The molecule has 0 spiro atoms. The van der Waals surface area contributed by atoms with Crippen LogP contribution >= 0.6 is 11.6 Å². The summed E-state index contributed by atoms with van der Waals surface area (Å²) in [5, 5.41) is 3.40. The molecule has 1 atom stereocenters. The lowest BCUT2D eigenvalue weighted by Crippen LogP contribution is -2.40. The van der Waals surface area contributed by atoms with Gasteiger partial charge in [0.1, 0.15) is 4.90 Å². The van der Waals surface area contributed by atoms with Gasteiger partial charge in [0, 0.05) is 19.2 Å². The molecule has 1 fully saturated rings. The third-order valence-corrected chi connectivity index (χ3v) is 5.35. The lowest BCUT2D eigenvalue weighted by molar-refractivity contribution is 0.0774. The second kappa shape index (κ2) is 7.56. The first-order valence-corrected chi connectivity index (χ1v) is 8.98. The zero-order chi connectivity index (χ0) is 15.3. The molecular formula is C14H21ClN2O3S. The van der Waals surface area contributed by atoms with Gasteiger partial charge in [0.15, 0.2) is 0 Å². The largest absolute Gasteiger partial charge is 0.380 e. The zero-order valence-corrected chi connectivity index (χ0v) is 13.6. The summed E-state index contributed by atoms with van der Waals surface area (Å²) in [5.74, 6) is 0. The van der Waals surface area contributed by atoms with E-state index in [4.69, 9.17) is 16.3 Å². The predicted octanol–water partition coefficient (Wildman–Crippen LogP) is 1.91. The molecule has 1 saturated heterocycles. The summed E-state index contributed by atoms with van der Waals surface area (Å²) in [6.45, 7) is 4.54. The van der Waals surface area contributed by atoms with Crippen LogP contribution in [0.3, 0.4) is 0 Å². The van der Waals surface area contributed by atoms with E-state index in [9.17, 15) is 8.42 Å². The molecule has 0 aromatic heterocycles. The number of benzene rings is 1. The van der Waals surface area contributed by atoms with Gasteiger partial charge in [-0.05, 0) is 37.1 Å². The van der Waals surface area contributed by atoms with Gasteiger partial charge in [0.25, 0.3) is 0 Å². The van der Waals surface area contributed by atoms with Crippen molar-refractivity contribution in [3.63, 3.8) is 0 Å². The van der Waals surface area contributed by atoms with Crippen molar-refractivity contribution in [3.05, 3.63) is 28.8 Å². The number of hydrogen-bond acceptors (Lipinski definition) is 4. The van der Waals surface area contributed by atoms with Gasteiger partial charge in [0.2, 0.25) is 10.0 Å². The smallest absolute Gasteiger partial charge is 0.242 e. The number of hydrogen-bond donors (Lipinski definition) is 2. The molecule has 0 amide bonds. The minimum atomic E-state index is -3.63. The molecule has 1 aromatic carbocycles. The molecular weight excluding hydrogens is 312 g/mol. The fraction of sp³-hybridized carbons (Fsp3) is 0.571. The van der Waals surface area contributed by atoms with E-state index in [0.29, 0.717) is 19.8 Å². The molecule has 1 unspecified atom stereocenters. The third kappa shape index (κ3) is 4.66. The fourth-order valence-electron chi connectivity index (χ4n) is 2.25. The molecule has 0 radical (unpaired) electrons. The van der Waals surface area contributed by atoms with Crippen LogP contribution in [0, 0.1) is 0 Å². The SMILES string of the molecule is CCNCc1ccc(Cl)c(S(=O)(=O)NC2CCCOC2)c1. The zero-order valence-electron chi connectivity index (χ0n) is 12.1. The molecule has 0 saturated carbocycles. The Hall–Kier alpha value is -0.660. The van der Waals surface area contributed by atoms with Crippen molar-refractivity contribution in [2.45, 2.75) is 37.2 Å². The van der Waals surface area contributed by atoms with Crippen LogP contribution in [-0.4, -0.2) is 34.2 Å². The van der Waals surface area contributed by atoms with Crippen molar-refractivity contribution in [3.8, 4) is 0 Å². The van der Waals surface area contributed by atoms with E-state index in [0.717, 1.165) is 24.9 Å². The Balaban J connectivity index is 2.17. The lowest BCUT2D eigenvalue weighted by Gasteiger charge is -2.23. The van der Waals surface area contributed by atoms with Crippen molar-refractivity contribution < 1.29 is 13.2 Å². The molecule has 2 N–H and O–H groups in total. The monoisotopic (exact) mass is 332 g/mol. The van der Waals surface area contributed by atoms with E-state index in [1.165, 1.54) is 0 Å². The molecule has 7 heteroatoms. The lowest BCUT2D eigenvalue weighted by atomic mass is 10.1. The molecule has 118 valence electrons. The molecule has 2 rings (SSSR count). The van der Waals surface area contributed by atoms with Crippen LogP contribution in [0.25, 0.3) is 0 Å². The van der Waals surface area contributed by atoms with Crippen LogP contribution in [0.5, 0.6) is 0 Å². The Morgan fingerprint density at radius 3 is 2.90 bits per heavy atom. The van der Waals surface area contributed by atoms with Gasteiger partial charge in [-0.15, -0.1) is 0 Å². The van der Waals surface area contributed by atoms with E-state index >= 15 is 0 Å². The highest BCUT2D eigenvalue weighted by Crippen LogP contribution is 2.23. The quantitative estimate of drug-likeness (QED) is 0.835. The molecule has 0 aliphatic carbocycles. The van der Waals surface area contributed by atoms with E-state index in [1.807, 2.05) is 13.0 Å². The Morgan fingerprint density at radius 2 is 2.24 bits per heavy atom. The van der Waals surface area contributed by atoms with Crippen LogP contribution < -0.4 is 10.0 Å². The highest BCUT2D eigenvalue weighted by atomic mass is 35.5. The Kier molecular flexibility index (Phi) is 6.01. The maximum Gasteiger partial charge on any atom is 0.242 e. The summed E-state index contributed by atoms with van der Waals surface area (Å²) >= 11 is 6.06. The number of sulfonamides is 1. The fourth-order valence-corrected chi connectivity index (χ4v) is 4.05. The standard InChI is InChI=1S/C14H21ClN2O3S/c1-2-16-9-11-5-6-13(15)14(8-11)21(18,19)17-12-4-3-7-20-10-12/h5-6,8,12,16-17H,2-4,7,9-10H2,1H3. The minimum Gasteiger partial charge on any atom is -0.380 e. The topological polar surface area (TPSA) is 67.4 Å². The molecule has 1 heterocycles. The molecule has 21 heavy (non-hydrogen) atoms. The highest BCUT2D eigenvalue weighted by Gasteiger charge is 2.24. The van der Waals surface area contributed by atoms with Crippen LogP contribution in [0.1, 0.15) is 25.3 Å². The van der Waals surface area contributed by atoms with Crippen molar-refractivity contribution >= 4 is 21.6 Å². The maximum atomic E-state index is 12.5. The van der Waals surface area contributed by atoms with Gasteiger partial charge in [-0.2, -0.15) is 0 Å². The summed E-state index contributed by atoms with van der Waals surface area (Å²) in [7, 11) is -3.63. The van der Waals surface area contributed by atoms with E-state index < -0.39 is 10.0 Å². The van der Waals surface area contributed by atoms with Gasteiger partial charge in [-0.25, -0.2) is 13.1 Å². The van der Waals surface area contributed by atoms with Crippen molar-refractivity contribution in [1.82, 2.24) is 10.0 Å². The van der Waals surface area contributed by atoms with E-state index in [-0.39, 0.29) is 16.0 Å². The number of rotatable bonds is 6. The van der Waals surface area contributed by atoms with Gasteiger partial charge in [0.05, 0.1) is 11.6 Å². The Bertz CT molecular complexity index is 572. The van der Waals surface area contributed by atoms with Crippen molar-refractivity contribution in [1.29, 1.82) is 0 Å². The summed E-state index contributed by atoms with van der Waals surface area (Å²) in [6.07, 6.45) is 1.65. The number of ether oxygens (including phenoxy) is 1. The summed E-state index contributed by atoms with van der Waals surface area (Å²) in [5.41, 5.74) is 0.890. The first-order chi connectivity index (χ1) is 10.0. The second-order valence-corrected chi connectivity index (χ2v) is 7.17. The normalized spacial score (nSPS) is 19.6.